The van der Waals surface area contributed by atoms with Crippen LogP contribution in [0.25, 0.3) is 0 Å². The highest BCUT2D eigenvalue weighted by atomic mass is 32.1. The van der Waals surface area contributed by atoms with Crippen LogP contribution in [0, 0.1) is 0 Å². The quantitative estimate of drug-likeness (QED) is 0.385. The van der Waals surface area contributed by atoms with E-state index in [1.807, 2.05) is 0 Å². The highest BCUT2D eigenvalue weighted by molar-refractivity contribution is 7.81. The van der Waals surface area contributed by atoms with E-state index in [1.54, 1.807) is 0 Å². The van der Waals surface area contributed by atoms with E-state index in [4.69, 9.17) is 4.12 Å². The van der Waals surface area contributed by atoms with Gasteiger partial charge < -0.3 is 4.12 Å². The molecule has 0 spiro atoms. The highest BCUT2D eigenvalue weighted by Gasteiger charge is 1.92. The van der Waals surface area contributed by atoms with Crippen molar-refractivity contribution in [2.45, 2.75) is 6.55 Å². The van der Waals surface area contributed by atoms with Gasteiger partial charge in [-0.3, -0.25) is 0 Å². The van der Waals surface area contributed by atoms with Crippen LogP contribution < -0.4 is 0 Å². The topological polar surface area (TPSA) is 9.23 Å². The third-order valence-corrected chi connectivity index (χ3v) is 5.94. The van der Waals surface area contributed by atoms with Crippen molar-refractivity contribution in [1.82, 2.24) is 0 Å². The Morgan fingerprint density at radius 2 is 2.50 bits per heavy atom. The van der Waals surface area contributed by atoms with E-state index >= 15 is 0 Å². The molecule has 4 heteroatoms. The van der Waals surface area contributed by atoms with Gasteiger partial charge >= 0.3 is 0 Å². The van der Waals surface area contributed by atoms with E-state index in [2.05, 4.69) is 19.2 Å². The first-order valence-electron chi connectivity index (χ1n) is 1.95. The molecule has 0 rings (SSSR count). The number of hydrogen-bond acceptors (Lipinski definition) is 2. The van der Waals surface area contributed by atoms with Crippen molar-refractivity contribution in [1.29, 1.82) is 0 Å². The molecule has 1 unspecified atom stereocenters. The van der Waals surface area contributed by atoms with Gasteiger partial charge in [-0.25, -0.2) is 0 Å². The van der Waals surface area contributed by atoms with Crippen molar-refractivity contribution in [3.63, 3.8) is 0 Å². The van der Waals surface area contributed by atoms with Crippen LogP contribution in [0.15, 0.2) is 0 Å². The van der Waals surface area contributed by atoms with Gasteiger partial charge in [0.25, 0.3) is 0 Å². The SMILES string of the molecule is C[SiH](CS)O[SiH3]. The van der Waals surface area contributed by atoms with Gasteiger partial charge in [-0.2, -0.15) is 12.6 Å². The first-order chi connectivity index (χ1) is 2.81. The van der Waals surface area contributed by atoms with Crippen LogP contribution in [0.2, 0.25) is 6.55 Å². The first-order valence-corrected chi connectivity index (χ1v) is 5.84. The molecule has 38 valence electrons. The minimum atomic E-state index is -0.735. The van der Waals surface area contributed by atoms with Crippen LogP contribution >= 0.6 is 12.6 Å². The van der Waals surface area contributed by atoms with Gasteiger partial charge in [-0.05, 0) is 6.55 Å². The van der Waals surface area contributed by atoms with Crippen molar-refractivity contribution >= 4 is 32.2 Å². The van der Waals surface area contributed by atoms with E-state index in [1.165, 1.54) is 0 Å². The van der Waals surface area contributed by atoms with E-state index < -0.39 is 9.04 Å². The van der Waals surface area contributed by atoms with Crippen LogP contribution in [0.4, 0.5) is 0 Å². The van der Waals surface area contributed by atoms with Crippen molar-refractivity contribution in [3.8, 4) is 0 Å². The van der Waals surface area contributed by atoms with Crippen LogP contribution in [0.5, 0.6) is 0 Å². The summed E-state index contributed by atoms with van der Waals surface area (Å²) < 4.78 is 5.10. The fourth-order valence-corrected chi connectivity index (χ4v) is 2.01. The normalized spacial score (nSPS) is 15.0. The largest absolute Gasteiger partial charge is 0.465 e. The number of thiol groups is 1. The zero-order valence-electron chi connectivity index (χ0n) is 4.14. The molecule has 1 nitrogen and oxygen atoms in total. The third-order valence-electron chi connectivity index (χ3n) is 0.659. The lowest BCUT2D eigenvalue weighted by Crippen LogP contribution is -2.12. The van der Waals surface area contributed by atoms with E-state index in [0.29, 0.717) is 0 Å². The Kier molecular flexibility index (Phi) is 4.40. The van der Waals surface area contributed by atoms with Crippen molar-refractivity contribution < 1.29 is 4.12 Å². The van der Waals surface area contributed by atoms with Crippen molar-refractivity contribution in [2.75, 3.05) is 5.38 Å². The molecule has 0 bridgehead atoms. The summed E-state index contributed by atoms with van der Waals surface area (Å²) in [6.45, 7) is 2.15. The Balaban J connectivity index is 2.75. The molecular weight excluding hydrogens is 128 g/mol. The van der Waals surface area contributed by atoms with Crippen molar-refractivity contribution in [3.05, 3.63) is 0 Å². The average Bonchev–Trinajstić information content (AvgIpc) is 1.65. The Hall–Kier alpha value is 0.744. The summed E-state index contributed by atoms with van der Waals surface area (Å²) in [6.07, 6.45) is 0. The summed E-state index contributed by atoms with van der Waals surface area (Å²) >= 11 is 4.05. The smallest absolute Gasteiger partial charge is 0.168 e. The Morgan fingerprint density at radius 3 is 2.50 bits per heavy atom. The maximum Gasteiger partial charge on any atom is 0.168 e. The highest BCUT2D eigenvalue weighted by Crippen LogP contribution is 1.81. The molecule has 0 aliphatic rings. The van der Waals surface area contributed by atoms with Crippen LogP contribution in [-0.2, 0) is 4.12 Å². The molecule has 0 saturated carbocycles. The number of rotatable bonds is 2. The molecule has 0 aliphatic carbocycles. The molecule has 0 aliphatic heterocycles. The molecule has 0 N–H and O–H groups in total. The van der Waals surface area contributed by atoms with E-state index in [0.717, 1.165) is 15.9 Å². The summed E-state index contributed by atoms with van der Waals surface area (Å²) in [5.74, 6) is 0. The standard InChI is InChI=1S/C2H10OSSi2/c1-6(2-4)3-5/h4,6H,2H2,1,5H3. The van der Waals surface area contributed by atoms with Crippen LogP contribution in [0.3, 0.4) is 0 Å². The Labute approximate surface area is 48.8 Å². The Bertz CT molecular complexity index is 30.7. The van der Waals surface area contributed by atoms with Gasteiger partial charge in [0.2, 0.25) is 0 Å². The summed E-state index contributed by atoms with van der Waals surface area (Å²) in [5.41, 5.74) is 0. The number of hydrogen-bond donors (Lipinski definition) is 1. The average molecular weight is 138 g/mol. The Morgan fingerprint density at radius 1 is 2.00 bits per heavy atom. The lowest BCUT2D eigenvalue weighted by Gasteiger charge is -1.99. The minimum Gasteiger partial charge on any atom is -0.465 e. The molecule has 0 heterocycles. The zero-order chi connectivity index (χ0) is 4.99. The second-order valence-corrected chi connectivity index (χ2v) is 6.20. The molecule has 1 atom stereocenters. The molecule has 0 radical (unpaired) electrons. The van der Waals surface area contributed by atoms with E-state index in [-0.39, 0.29) is 0 Å². The molecular formula is C2H10OSSi2. The summed E-state index contributed by atoms with van der Waals surface area (Å²) in [4.78, 5) is 0. The summed E-state index contributed by atoms with van der Waals surface area (Å²) in [7, 11) is 0.161. The van der Waals surface area contributed by atoms with Gasteiger partial charge in [-0.1, -0.05) is 0 Å². The fraction of sp³-hybridized carbons (Fsp3) is 1.00. The fourth-order valence-electron chi connectivity index (χ4n) is 0.0745. The molecule has 0 aromatic heterocycles. The lowest BCUT2D eigenvalue weighted by atomic mass is 11.9. The minimum absolute atomic E-state index is 0.735. The van der Waals surface area contributed by atoms with Crippen molar-refractivity contribution in [2.24, 2.45) is 0 Å². The summed E-state index contributed by atoms with van der Waals surface area (Å²) in [5, 5.41) is 0.976. The predicted molar refractivity (Wildman–Crippen MR) is 37.9 cm³/mol. The van der Waals surface area contributed by atoms with Gasteiger partial charge in [0.05, 0.1) is 0 Å². The maximum absolute atomic E-state index is 5.10. The van der Waals surface area contributed by atoms with Gasteiger partial charge in [0.1, 0.15) is 10.5 Å². The third kappa shape index (κ3) is 2.95. The lowest BCUT2D eigenvalue weighted by molar-refractivity contribution is 0.646. The van der Waals surface area contributed by atoms with Gasteiger partial charge in [0.15, 0.2) is 9.04 Å². The monoisotopic (exact) mass is 138 g/mol. The van der Waals surface area contributed by atoms with Gasteiger partial charge in [0, 0.05) is 5.38 Å². The first kappa shape index (κ1) is 6.74. The molecule has 0 amide bonds. The summed E-state index contributed by atoms with van der Waals surface area (Å²) in [6, 6.07) is 0. The molecule has 0 fully saturated rings. The predicted octanol–water partition coefficient (Wildman–Crippen LogP) is -0.894. The van der Waals surface area contributed by atoms with Crippen LogP contribution in [-0.4, -0.2) is 24.9 Å². The molecule has 0 aromatic rings. The second kappa shape index (κ2) is 3.92. The molecule has 6 heavy (non-hydrogen) atoms. The zero-order valence-corrected chi connectivity index (χ0v) is 8.19. The van der Waals surface area contributed by atoms with E-state index in [9.17, 15) is 0 Å². The molecule has 0 saturated heterocycles. The molecule has 0 aromatic carbocycles. The van der Waals surface area contributed by atoms with Crippen LogP contribution in [0.1, 0.15) is 0 Å². The van der Waals surface area contributed by atoms with Gasteiger partial charge in [-0.15, -0.1) is 0 Å². The maximum atomic E-state index is 5.10. The second-order valence-electron chi connectivity index (χ2n) is 1.23.